The molecule has 0 aliphatic heterocycles. The van der Waals surface area contributed by atoms with Gasteiger partial charge in [-0.2, -0.15) is 4.37 Å². The highest BCUT2D eigenvalue weighted by molar-refractivity contribution is 7.11. The number of nitrogens with one attached hydrogen (secondary N) is 1. The van der Waals surface area contributed by atoms with Gasteiger partial charge in [0.2, 0.25) is 0 Å². The van der Waals surface area contributed by atoms with Gasteiger partial charge in [0.25, 0.3) is 5.91 Å². The number of nitrogens with zero attached hydrogens (tertiary/aromatic N) is 1. The number of carboxylic acids is 1. The second-order valence-electron chi connectivity index (χ2n) is 4.08. The molecule has 6 nitrogen and oxygen atoms in total. The molecular formula is C13H11FN2O4S. The molecule has 21 heavy (non-hydrogen) atoms. The van der Waals surface area contributed by atoms with E-state index < -0.39 is 17.7 Å². The smallest absolute Gasteiger partial charge is 0.340 e. The predicted molar refractivity (Wildman–Crippen MR) is 74.7 cm³/mol. The molecule has 0 aliphatic rings. The SMILES string of the molecule is COc1ccc(C(=O)Nc2snc(C)c2C(=O)O)cc1F. The number of hydrogen-bond acceptors (Lipinski definition) is 5. The number of aryl methyl sites for hydroxylation is 1. The van der Waals surface area contributed by atoms with E-state index in [-0.39, 0.29) is 21.9 Å². The van der Waals surface area contributed by atoms with Gasteiger partial charge in [-0.25, -0.2) is 9.18 Å². The van der Waals surface area contributed by atoms with E-state index in [0.29, 0.717) is 5.69 Å². The first kappa shape index (κ1) is 14.9. The van der Waals surface area contributed by atoms with Crippen LogP contribution < -0.4 is 10.1 Å². The molecule has 1 heterocycles. The van der Waals surface area contributed by atoms with Crippen LogP contribution in [0.5, 0.6) is 5.75 Å². The molecule has 0 saturated carbocycles. The number of carboxylic acid groups (broad SMARTS) is 1. The lowest BCUT2D eigenvalue weighted by Gasteiger charge is -2.06. The highest BCUT2D eigenvalue weighted by atomic mass is 32.1. The third-order valence-corrected chi connectivity index (χ3v) is 3.57. The molecule has 2 rings (SSSR count). The molecule has 2 aromatic rings. The minimum atomic E-state index is -1.18. The monoisotopic (exact) mass is 310 g/mol. The Morgan fingerprint density at radius 3 is 2.71 bits per heavy atom. The molecule has 0 bridgehead atoms. The Morgan fingerprint density at radius 2 is 2.14 bits per heavy atom. The second kappa shape index (κ2) is 5.88. The summed E-state index contributed by atoms with van der Waals surface area (Å²) in [4.78, 5) is 23.1. The predicted octanol–water partition coefficient (Wildman–Crippen LogP) is 2.55. The van der Waals surface area contributed by atoms with E-state index in [2.05, 4.69) is 9.69 Å². The number of carbonyl (C=O) groups is 2. The number of ether oxygens (including phenoxy) is 1. The average Bonchev–Trinajstić information content (AvgIpc) is 2.79. The molecule has 0 saturated heterocycles. The highest BCUT2D eigenvalue weighted by Gasteiger charge is 2.20. The number of anilines is 1. The van der Waals surface area contributed by atoms with Crippen LogP contribution in [0.2, 0.25) is 0 Å². The summed E-state index contributed by atoms with van der Waals surface area (Å²) in [7, 11) is 1.32. The van der Waals surface area contributed by atoms with Gasteiger partial charge in [0.15, 0.2) is 11.6 Å². The van der Waals surface area contributed by atoms with Crippen LogP contribution in [0.4, 0.5) is 9.39 Å². The van der Waals surface area contributed by atoms with Crippen molar-refractivity contribution in [3.63, 3.8) is 0 Å². The zero-order valence-corrected chi connectivity index (χ0v) is 12.0. The zero-order chi connectivity index (χ0) is 15.6. The number of rotatable bonds is 4. The summed E-state index contributed by atoms with van der Waals surface area (Å²) in [5.41, 5.74) is 0.293. The van der Waals surface area contributed by atoms with Crippen LogP contribution in [0.25, 0.3) is 0 Å². The van der Waals surface area contributed by atoms with Crippen LogP contribution >= 0.6 is 11.5 Å². The summed E-state index contributed by atoms with van der Waals surface area (Å²) in [6.45, 7) is 1.53. The summed E-state index contributed by atoms with van der Waals surface area (Å²) in [5, 5.41) is 11.6. The van der Waals surface area contributed by atoms with Crippen LogP contribution in [0.1, 0.15) is 26.4 Å². The Morgan fingerprint density at radius 1 is 1.43 bits per heavy atom. The number of hydrogen-bond donors (Lipinski definition) is 2. The van der Waals surface area contributed by atoms with Crippen molar-refractivity contribution in [1.82, 2.24) is 4.37 Å². The lowest BCUT2D eigenvalue weighted by molar-refractivity contribution is 0.0697. The lowest BCUT2D eigenvalue weighted by atomic mass is 10.2. The Balaban J connectivity index is 2.26. The number of halogens is 1. The molecule has 8 heteroatoms. The van der Waals surface area contributed by atoms with E-state index in [0.717, 1.165) is 17.6 Å². The molecule has 0 radical (unpaired) electrons. The van der Waals surface area contributed by atoms with Gasteiger partial charge in [-0.1, -0.05) is 0 Å². The Kier molecular flexibility index (Phi) is 4.18. The lowest BCUT2D eigenvalue weighted by Crippen LogP contribution is -2.14. The summed E-state index contributed by atoms with van der Waals surface area (Å²) in [6, 6.07) is 3.72. The van der Waals surface area contributed by atoms with Gasteiger partial charge >= 0.3 is 5.97 Å². The fraction of sp³-hybridized carbons (Fsp3) is 0.154. The minimum Gasteiger partial charge on any atom is -0.494 e. The maximum Gasteiger partial charge on any atom is 0.340 e. The quantitative estimate of drug-likeness (QED) is 0.906. The van der Waals surface area contributed by atoms with Crippen LogP contribution in [0, 0.1) is 12.7 Å². The largest absolute Gasteiger partial charge is 0.494 e. The van der Waals surface area contributed by atoms with E-state index in [1.807, 2.05) is 0 Å². The normalized spacial score (nSPS) is 10.2. The maximum atomic E-state index is 13.6. The van der Waals surface area contributed by atoms with Crippen LogP contribution in [-0.4, -0.2) is 28.5 Å². The van der Waals surface area contributed by atoms with Crippen LogP contribution in [-0.2, 0) is 0 Å². The third kappa shape index (κ3) is 3.00. The average molecular weight is 310 g/mol. The van der Waals surface area contributed by atoms with Crippen molar-refractivity contribution < 1.29 is 23.8 Å². The van der Waals surface area contributed by atoms with E-state index in [1.165, 1.54) is 26.2 Å². The molecule has 2 N–H and O–H groups in total. The van der Waals surface area contributed by atoms with Crippen LogP contribution in [0.3, 0.4) is 0 Å². The second-order valence-corrected chi connectivity index (χ2v) is 4.85. The van der Waals surface area contributed by atoms with Gasteiger partial charge in [0.1, 0.15) is 10.6 Å². The van der Waals surface area contributed by atoms with Crippen molar-refractivity contribution in [2.75, 3.05) is 12.4 Å². The minimum absolute atomic E-state index is 0.0198. The Hall–Kier alpha value is -2.48. The number of carbonyl (C=O) groups excluding carboxylic acids is 1. The molecule has 0 spiro atoms. The van der Waals surface area contributed by atoms with Gasteiger partial charge in [-0.05, 0) is 36.7 Å². The number of aromatic nitrogens is 1. The summed E-state index contributed by atoms with van der Waals surface area (Å²) in [6.07, 6.45) is 0. The third-order valence-electron chi connectivity index (χ3n) is 2.72. The topological polar surface area (TPSA) is 88.5 Å². The Bertz CT molecular complexity index is 714. The van der Waals surface area contributed by atoms with Gasteiger partial charge in [-0.15, -0.1) is 0 Å². The molecule has 110 valence electrons. The van der Waals surface area contributed by atoms with Crippen molar-refractivity contribution in [1.29, 1.82) is 0 Å². The van der Waals surface area contributed by atoms with Crippen molar-refractivity contribution in [3.8, 4) is 5.75 Å². The van der Waals surface area contributed by atoms with Crippen molar-refractivity contribution in [2.24, 2.45) is 0 Å². The van der Waals surface area contributed by atoms with Gasteiger partial charge in [-0.3, -0.25) is 4.79 Å². The molecule has 0 unspecified atom stereocenters. The van der Waals surface area contributed by atoms with E-state index >= 15 is 0 Å². The first-order chi connectivity index (χ1) is 9.93. The van der Waals surface area contributed by atoms with Crippen molar-refractivity contribution in [2.45, 2.75) is 6.92 Å². The van der Waals surface area contributed by atoms with Gasteiger partial charge in [0, 0.05) is 5.56 Å². The first-order valence-electron chi connectivity index (χ1n) is 5.78. The van der Waals surface area contributed by atoms with E-state index in [9.17, 15) is 14.0 Å². The molecule has 1 aromatic carbocycles. The summed E-state index contributed by atoms with van der Waals surface area (Å²) in [5.74, 6) is -2.46. The summed E-state index contributed by atoms with van der Waals surface area (Å²) >= 11 is 0.858. The van der Waals surface area contributed by atoms with Crippen LogP contribution in [0.15, 0.2) is 18.2 Å². The fourth-order valence-electron chi connectivity index (χ4n) is 1.69. The van der Waals surface area contributed by atoms with Crippen molar-refractivity contribution >= 4 is 28.4 Å². The van der Waals surface area contributed by atoms with Gasteiger partial charge < -0.3 is 15.2 Å². The first-order valence-corrected chi connectivity index (χ1v) is 6.55. The molecule has 1 amide bonds. The van der Waals surface area contributed by atoms with E-state index in [4.69, 9.17) is 9.84 Å². The number of amides is 1. The Labute approximate surface area is 123 Å². The standard InChI is InChI=1S/C13H11FN2O4S/c1-6-10(13(18)19)12(21-16-6)15-11(17)7-3-4-9(20-2)8(14)5-7/h3-5H,1-2H3,(H,15,17)(H,18,19). The highest BCUT2D eigenvalue weighted by Crippen LogP contribution is 2.25. The molecule has 0 aliphatic carbocycles. The molecule has 0 fully saturated rings. The molecule has 0 atom stereocenters. The number of benzene rings is 1. The number of aromatic carboxylic acids is 1. The van der Waals surface area contributed by atoms with E-state index in [1.54, 1.807) is 0 Å². The summed E-state index contributed by atoms with van der Waals surface area (Å²) < 4.78 is 22.2. The number of methoxy groups -OCH3 is 1. The fourth-order valence-corrected chi connectivity index (χ4v) is 2.47. The molecular weight excluding hydrogens is 299 g/mol. The van der Waals surface area contributed by atoms with Gasteiger partial charge in [0.05, 0.1) is 12.8 Å². The van der Waals surface area contributed by atoms with Crippen molar-refractivity contribution in [3.05, 3.63) is 40.8 Å². The zero-order valence-electron chi connectivity index (χ0n) is 11.1. The maximum absolute atomic E-state index is 13.6. The molecule has 1 aromatic heterocycles.